The molecule has 0 aromatic heterocycles. The molecule has 0 bridgehead atoms. The van der Waals surface area contributed by atoms with Crippen molar-refractivity contribution in [2.75, 3.05) is 39.8 Å². The highest BCUT2D eigenvalue weighted by Gasteiger charge is 2.25. The van der Waals surface area contributed by atoms with Crippen molar-refractivity contribution in [3.63, 3.8) is 0 Å². The monoisotopic (exact) mass is 241 g/mol. The zero-order chi connectivity index (χ0) is 12.1. The maximum Gasteiger partial charge on any atom is 0.0826 e. The van der Waals surface area contributed by atoms with E-state index in [2.05, 4.69) is 17.3 Å². The van der Waals surface area contributed by atoms with Crippen LogP contribution in [-0.2, 0) is 4.74 Å². The topological polar surface area (TPSA) is 50.5 Å². The molecule has 3 unspecified atom stereocenters. The average molecular weight is 241 g/mol. The van der Waals surface area contributed by atoms with Gasteiger partial charge in [-0.2, -0.15) is 0 Å². The van der Waals surface area contributed by atoms with Crippen LogP contribution in [0.15, 0.2) is 0 Å². The van der Waals surface area contributed by atoms with Gasteiger partial charge < -0.3 is 20.7 Å². The third-order valence-electron chi connectivity index (χ3n) is 4.16. The van der Waals surface area contributed by atoms with Crippen molar-refractivity contribution in [2.45, 2.75) is 37.8 Å². The maximum absolute atomic E-state index is 5.84. The van der Waals surface area contributed by atoms with Crippen LogP contribution in [0.4, 0.5) is 0 Å². The molecule has 1 saturated heterocycles. The summed E-state index contributed by atoms with van der Waals surface area (Å²) in [6, 6.07) is 0.615. The Balaban J connectivity index is 1.72. The Bertz CT molecular complexity index is 225. The zero-order valence-corrected chi connectivity index (χ0v) is 11.0. The van der Waals surface area contributed by atoms with E-state index in [1.54, 1.807) is 0 Å². The minimum Gasteiger partial charge on any atom is -0.374 e. The quantitative estimate of drug-likeness (QED) is 0.749. The van der Waals surface area contributed by atoms with Crippen LogP contribution >= 0.6 is 0 Å². The molecular formula is C13H27N3O. The largest absolute Gasteiger partial charge is 0.374 e. The van der Waals surface area contributed by atoms with E-state index in [-0.39, 0.29) is 0 Å². The van der Waals surface area contributed by atoms with Crippen LogP contribution in [-0.4, -0.2) is 56.9 Å². The molecule has 2 aliphatic rings. The van der Waals surface area contributed by atoms with E-state index in [1.165, 1.54) is 25.7 Å². The lowest BCUT2D eigenvalue weighted by atomic mass is 9.84. The number of hydrogen-bond donors (Lipinski definition) is 2. The van der Waals surface area contributed by atoms with Crippen LogP contribution in [0.2, 0.25) is 0 Å². The fourth-order valence-corrected chi connectivity index (χ4v) is 3.03. The minimum atomic E-state index is 0.356. The van der Waals surface area contributed by atoms with E-state index in [0.29, 0.717) is 18.1 Å². The third kappa shape index (κ3) is 3.91. The lowest BCUT2D eigenvalue weighted by Gasteiger charge is -2.35. The molecule has 0 radical (unpaired) electrons. The molecule has 17 heavy (non-hydrogen) atoms. The van der Waals surface area contributed by atoms with Crippen molar-refractivity contribution >= 4 is 0 Å². The van der Waals surface area contributed by atoms with E-state index in [4.69, 9.17) is 10.5 Å². The van der Waals surface area contributed by atoms with E-state index in [9.17, 15) is 0 Å². The molecule has 0 spiro atoms. The molecule has 1 saturated carbocycles. The summed E-state index contributed by atoms with van der Waals surface area (Å²) in [4.78, 5) is 2.34. The van der Waals surface area contributed by atoms with Gasteiger partial charge in [-0.15, -0.1) is 0 Å². The van der Waals surface area contributed by atoms with Gasteiger partial charge in [0.15, 0.2) is 0 Å². The maximum atomic E-state index is 5.84. The fraction of sp³-hybridized carbons (Fsp3) is 1.00. The fourth-order valence-electron chi connectivity index (χ4n) is 3.03. The van der Waals surface area contributed by atoms with Crippen LogP contribution in [0.25, 0.3) is 0 Å². The van der Waals surface area contributed by atoms with Gasteiger partial charge in [-0.1, -0.05) is 12.8 Å². The summed E-state index contributed by atoms with van der Waals surface area (Å²) in [6.45, 7) is 4.78. The minimum absolute atomic E-state index is 0.356. The van der Waals surface area contributed by atoms with Crippen LogP contribution in [0.3, 0.4) is 0 Å². The molecule has 0 aromatic carbocycles. The number of rotatable bonds is 4. The summed E-state index contributed by atoms with van der Waals surface area (Å²) < 4.78 is 5.77. The number of likely N-dealkylation sites (N-methyl/N-ethyl adjacent to an activating group) is 1. The van der Waals surface area contributed by atoms with E-state index < -0.39 is 0 Å². The number of morpholine rings is 1. The first-order valence-corrected chi connectivity index (χ1v) is 7.03. The molecule has 1 aliphatic carbocycles. The van der Waals surface area contributed by atoms with Crippen molar-refractivity contribution in [3.05, 3.63) is 0 Å². The predicted octanol–water partition coefficient (Wildman–Crippen LogP) is 0.424. The summed E-state index contributed by atoms with van der Waals surface area (Å²) in [7, 11) is 2.17. The Morgan fingerprint density at radius 1 is 1.35 bits per heavy atom. The van der Waals surface area contributed by atoms with Gasteiger partial charge in [-0.3, -0.25) is 0 Å². The zero-order valence-electron chi connectivity index (χ0n) is 11.0. The second-order valence-electron chi connectivity index (χ2n) is 5.55. The number of ether oxygens (including phenoxy) is 1. The first kappa shape index (κ1) is 13.3. The SMILES string of the molecule is CN1CCOC(CNC2CCCCC2CN)C1. The molecular weight excluding hydrogens is 214 g/mol. The normalized spacial score (nSPS) is 36.0. The van der Waals surface area contributed by atoms with E-state index >= 15 is 0 Å². The Morgan fingerprint density at radius 2 is 2.18 bits per heavy atom. The van der Waals surface area contributed by atoms with E-state index in [0.717, 1.165) is 32.8 Å². The highest BCUT2D eigenvalue weighted by molar-refractivity contribution is 4.83. The number of hydrogen-bond acceptors (Lipinski definition) is 4. The molecule has 0 amide bonds. The first-order chi connectivity index (χ1) is 8.29. The van der Waals surface area contributed by atoms with Crippen molar-refractivity contribution in [1.82, 2.24) is 10.2 Å². The molecule has 4 heteroatoms. The van der Waals surface area contributed by atoms with Crippen molar-refractivity contribution in [3.8, 4) is 0 Å². The van der Waals surface area contributed by atoms with Crippen LogP contribution in [0.5, 0.6) is 0 Å². The van der Waals surface area contributed by atoms with Gasteiger partial charge in [0, 0.05) is 25.7 Å². The van der Waals surface area contributed by atoms with Crippen molar-refractivity contribution in [2.24, 2.45) is 11.7 Å². The summed E-state index contributed by atoms with van der Waals surface area (Å²) >= 11 is 0. The molecule has 0 aromatic rings. The van der Waals surface area contributed by atoms with Gasteiger partial charge in [0.05, 0.1) is 12.7 Å². The highest BCUT2D eigenvalue weighted by atomic mass is 16.5. The summed E-state index contributed by atoms with van der Waals surface area (Å²) in [5.41, 5.74) is 5.84. The Hall–Kier alpha value is -0.160. The van der Waals surface area contributed by atoms with Gasteiger partial charge in [-0.05, 0) is 32.4 Å². The Morgan fingerprint density at radius 3 is 2.94 bits per heavy atom. The number of nitrogens with two attached hydrogens (primary N) is 1. The highest BCUT2D eigenvalue weighted by Crippen LogP contribution is 2.23. The lowest BCUT2D eigenvalue weighted by molar-refractivity contribution is -0.0206. The van der Waals surface area contributed by atoms with Gasteiger partial charge in [0.25, 0.3) is 0 Å². The molecule has 4 nitrogen and oxygen atoms in total. The molecule has 2 rings (SSSR count). The first-order valence-electron chi connectivity index (χ1n) is 7.03. The van der Waals surface area contributed by atoms with Gasteiger partial charge in [0.1, 0.15) is 0 Å². The second kappa shape index (κ2) is 6.69. The van der Waals surface area contributed by atoms with Crippen molar-refractivity contribution < 1.29 is 4.74 Å². The van der Waals surface area contributed by atoms with Gasteiger partial charge in [0.2, 0.25) is 0 Å². The molecule has 3 atom stereocenters. The van der Waals surface area contributed by atoms with Gasteiger partial charge in [-0.25, -0.2) is 0 Å². The van der Waals surface area contributed by atoms with Crippen LogP contribution in [0, 0.1) is 5.92 Å². The standard InChI is InChI=1S/C13H27N3O/c1-16-6-7-17-12(10-16)9-15-13-5-3-2-4-11(13)8-14/h11-13,15H,2-10,14H2,1H3. The summed E-state index contributed by atoms with van der Waals surface area (Å²) in [5, 5.41) is 3.68. The van der Waals surface area contributed by atoms with Crippen LogP contribution < -0.4 is 11.1 Å². The average Bonchev–Trinajstić information content (AvgIpc) is 2.37. The summed E-state index contributed by atoms with van der Waals surface area (Å²) in [6.07, 6.45) is 5.63. The molecule has 1 aliphatic heterocycles. The van der Waals surface area contributed by atoms with Crippen LogP contribution in [0.1, 0.15) is 25.7 Å². The number of nitrogens with one attached hydrogen (secondary N) is 1. The summed E-state index contributed by atoms with van der Waals surface area (Å²) in [5.74, 6) is 0.671. The molecule has 100 valence electrons. The molecule has 3 N–H and O–H groups in total. The third-order valence-corrected chi connectivity index (χ3v) is 4.16. The van der Waals surface area contributed by atoms with E-state index in [1.807, 2.05) is 0 Å². The van der Waals surface area contributed by atoms with Crippen molar-refractivity contribution in [1.29, 1.82) is 0 Å². The smallest absolute Gasteiger partial charge is 0.0826 e. The Labute approximate surface area is 105 Å². The number of nitrogens with zero attached hydrogens (tertiary/aromatic N) is 1. The van der Waals surface area contributed by atoms with Gasteiger partial charge >= 0.3 is 0 Å². The second-order valence-corrected chi connectivity index (χ2v) is 5.55. The molecule has 2 fully saturated rings. The molecule has 1 heterocycles. The Kier molecular flexibility index (Phi) is 5.22. The lowest BCUT2D eigenvalue weighted by Crippen LogP contribution is -2.49. The predicted molar refractivity (Wildman–Crippen MR) is 70.0 cm³/mol.